The van der Waals surface area contributed by atoms with Crippen LogP contribution in [-0.2, 0) is 14.1 Å². The van der Waals surface area contributed by atoms with Gasteiger partial charge in [0.2, 0.25) is 0 Å². The van der Waals surface area contributed by atoms with Crippen molar-refractivity contribution in [2.75, 3.05) is 0 Å². The van der Waals surface area contributed by atoms with Crippen LogP contribution in [0.4, 0.5) is 0 Å². The van der Waals surface area contributed by atoms with E-state index in [1.807, 2.05) is 24.3 Å². The molecule has 0 N–H and O–H groups in total. The highest BCUT2D eigenvalue weighted by Gasteiger charge is 2.17. The number of hydrogen-bond donors (Lipinski definition) is 0. The van der Waals surface area contributed by atoms with Gasteiger partial charge in [-0.05, 0) is 24.3 Å². The first kappa shape index (κ1) is 18.0. The van der Waals surface area contributed by atoms with E-state index in [2.05, 4.69) is 9.97 Å². The molecule has 0 saturated heterocycles. The van der Waals surface area contributed by atoms with Crippen molar-refractivity contribution in [1.29, 1.82) is 21.0 Å². The van der Waals surface area contributed by atoms with Crippen LogP contribution in [0.2, 0.25) is 0 Å². The summed E-state index contributed by atoms with van der Waals surface area (Å²) in [6, 6.07) is 14.1. The summed E-state index contributed by atoms with van der Waals surface area (Å²) in [5, 5.41) is 36.2. The number of hydrogen-bond acceptors (Lipinski definition) is 8. The minimum Gasteiger partial charge on any atom is -0.425 e. The zero-order chi connectivity index (χ0) is 20.3. The maximum atomic E-state index is 9.08. The molecule has 134 valence electrons. The van der Waals surface area contributed by atoms with Crippen LogP contribution < -0.4 is 9.47 Å². The minimum atomic E-state index is -0.0173. The molecule has 0 fully saturated rings. The zero-order valence-corrected chi connectivity index (χ0v) is 14.7. The van der Waals surface area contributed by atoms with Gasteiger partial charge in [-0.1, -0.05) is 0 Å². The van der Waals surface area contributed by atoms with Gasteiger partial charge < -0.3 is 9.47 Å². The van der Waals surface area contributed by atoms with Crippen molar-refractivity contribution in [3.8, 4) is 47.8 Å². The lowest BCUT2D eigenvalue weighted by atomic mass is 10.3. The summed E-state index contributed by atoms with van der Waals surface area (Å²) in [7, 11) is 3.14. The highest BCUT2D eigenvalue weighted by Crippen LogP contribution is 2.27. The fourth-order valence-electron chi connectivity index (χ4n) is 2.34. The second-order valence-electron chi connectivity index (χ2n) is 5.42. The van der Waals surface area contributed by atoms with Gasteiger partial charge in [-0.2, -0.15) is 31.0 Å². The number of imidazole rings is 2. The van der Waals surface area contributed by atoms with E-state index < -0.39 is 0 Å². The van der Waals surface area contributed by atoms with E-state index >= 15 is 0 Å². The van der Waals surface area contributed by atoms with Crippen molar-refractivity contribution in [1.82, 2.24) is 19.1 Å². The predicted octanol–water partition coefficient (Wildman–Crippen LogP) is 2.22. The molecule has 10 nitrogen and oxygen atoms in total. The fourth-order valence-corrected chi connectivity index (χ4v) is 2.34. The zero-order valence-electron chi connectivity index (χ0n) is 14.7. The first-order valence-electron chi connectivity index (χ1n) is 7.72. The van der Waals surface area contributed by atoms with Gasteiger partial charge in [0.15, 0.2) is 22.8 Å². The molecule has 0 aliphatic heterocycles. The standard InChI is InChI=1S/C18H10N8O2/c1-25-15(9-21)13(7-19)23-17(25)27-11-3-5-12(6-4-11)28-18-24-14(8-20)16(10-22)26(18)2/h3-6H,1-2H3. The van der Waals surface area contributed by atoms with Crippen LogP contribution in [-0.4, -0.2) is 19.1 Å². The summed E-state index contributed by atoms with van der Waals surface area (Å²) in [5.41, 5.74) is 0.176. The Balaban J connectivity index is 1.81. The molecule has 3 rings (SSSR count). The van der Waals surface area contributed by atoms with Crippen molar-refractivity contribution in [2.45, 2.75) is 0 Å². The Morgan fingerprint density at radius 3 is 1.29 bits per heavy atom. The first-order valence-corrected chi connectivity index (χ1v) is 7.72. The van der Waals surface area contributed by atoms with Crippen molar-refractivity contribution < 1.29 is 9.47 Å². The van der Waals surface area contributed by atoms with Crippen molar-refractivity contribution >= 4 is 0 Å². The second-order valence-corrected chi connectivity index (χ2v) is 5.42. The molecular weight excluding hydrogens is 360 g/mol. The number of rotatable bonds is 4. The SMILES string of the molecule is Cn1c(Oc2ccc(Oc3nc(C#N)c(C#N)n3C)cc2)nc(C#N)c1C#N. The van der Waals surface area contributed by atoms with Crippen LogP contribution in [0.3, 0.4) is 0 Å². The topological polar surface area (TPSA) is 149 Å². The van der Waals surface area contributed by atoms with Crippen molar-refractivity contribution in [3.05, 3.63) is 47.0 Å². The highest BCUT2D eigenvalue weighted by atomic mass is 16.5. The van der Waals surface area contributed by atoms with E-state index in [0.29, 0.717) is 11.5 Å². The van der Waals surface area contributed by atoms with Gasteiger partial charge in [0.1, 0.15) is 35.8 Å². The molecule has 2 heterocycles. The molecule has 10 heteroatoms. The smallest absolute Gasteiger partial charge is 0.303 e. The third kappa shape index (κ3) is 3.06. The Hall–Kier alpha value is -4.80. The number of aromatic nitrogens is 4. The van der Waals surface area contributed by atoms with Crippen LogP contribution >= 0.6 is 0 Å². The van der Waals surface area contributed by atoms with Crippen LogP contribution in [0.5, 0.6) is 23.5 Å². The Bertz CT molecular complexity index is 1130. The van der Waals surface area contributed by atoms with Gasteiger partial charge in [0, 0.05) is 14.1 Å². The maximum absolute atomic E-state index is 9.08. The van der Waals surface area contributed by atoms with E-state index in [1.165, 1.54) is 9.13 Å². The Kier molecular flexibility index (Phi) is 4.64. The van der Waals surface area contributed by atoms with Gasteiger partial charge in [-0.3, -0.25) is 9.13 Å². The number of nitriles is 4. The molecule has 0 atom stereocenters. The predicted molar refractivity (Wildman–Crippen MR) is 91.9 cm³/mol. The molecule has 0 saturated carbocycles. The lowest BCUT2D eigenvalue weighted by Gasteiger charge is -2.07. The van der Waals surface area contributed by atoms with Gasteiger partial charge in [-0.25, -0.2) is 0 Å². The number of benzene rings is 1. The number of ether oxygens (including phenoxy) is 2. The van der Waals surface area contributed by atoms with E-state index in [0.717, 1.165) is 0 Å². The normalized spacial score (nSPS) is 9.64. The molecule has 3 aromatic rings. The quantitative estimate of drug-likeness (QED) is 0.678. The van der Waals surface area contributed by atoms with Crippen LogP contribution in [0.25, 0.3) is 0 Å². The third-order valence-electron chi connectivity index (χ3n) is 3.77. The number of nitrogens with zero attached hydrogens (tertiary/aromatic N) is 8. The summed E-state index contributed by atoms with van der Waals surface area (Å²) in [6.07, 6.45) is 0. The highest BCUT2D eigenvalue weighted by molar-refractivity contribution is 5.42. The van der Waals surface area contributed by atoms with Crippen molar-refractivity contribution in [3.63, 3.8) is 0 Å². The van der Waals surface area contributed by atoms with E-state index in [9.17, 15) is 0 Å². The Morgan fingerprint density at radius 2 is 1.04 bits per heavy atom. The monoisotopic (exact) mass is 370 g/mol. The lowest BCUT2D eigenvalue weighted by Crippen LogP contribution is -1.98. The third-order valence-corrected chi connectivity index (χ3v) is 3.77. The lowest BCUT2D eigenvalue weighted by molar-refractivity contribution is 0.413. The summed E-state index contributed by atoms with van der Waals surface area (Å²) in [6.45, 7) is 0. The summed E-state index contributed by atoms with van der Waals surface area (Å²) >= 11 is 0. The van der Waals surface area contributed by atoms with Crippen LogP contribution in [0, 0.1) is 45.3 Å². The van der Waals surface area contributed by atoms with Crippen molar-refractivity contribution in [2.24, 2.45) is 14.1 Å². The maximum Gasteiger partial charge on any atom is 0.303 e. The molecule has 28 heavy (non-hydrogen) atoms. The molecule has 0 unspecified atom stereocenters. The average molecular weight is 370 g/mol. The largest absolute Gasteiger partial charge is 0.425 e. The van der Waals surface area contributed by atoms with E-state index in [1.54, 1.807) is 38.4 Å². The van der Waals surface area contributed by atoms with Gasteiger partial charge in [0.05, 0.1) is 0 Å². The summed E-state index contributed by atoms with van der Waals surface area (Å²) in [5.74, 6) is 0.814. The second kappa shape index (κ2) is 7.21. The molecule has 0 amide bonds. The van der Waals surface area contributed by atoms with Crippen LogP contribution in [0.15, 0.2) is 24.3 Å². The van der Waals surface area contributed by atoms with E-state index in [4.69, 9.17) is 30.5 Å². The summed E-state index contributed by atoms with van der Waals surface area (Å²) < 4.78 is 14.0. The Labute approximate surface area is 159 Å². The van der Waals surface area contributed by atoms with Gasteiger partial charge in [0.25, 0.3) is 0 Å². The summed E-state index contributed by atoms with van der Waals surface area (Å²) in [4.78, 5) is 7.96. The molecule has 0 aliphatic rings. The molecule has 0 radical (unpaired) electrons. The van der Waals surface area contributed by atoms with Crippen LogP contribution in [0.1, 0.15) is 22.8 Å². The molecular formula is C18H10N8O2. The Morgan fingerprint density at radius 1 is 0.679 bits per heavy atom. The molecule has 2 aromatic heterocycles. The minimum absolute atomic E-state index is 0.0173. The molecule has 1 aromatic carbocycles. The van der Waals surface area contributed by atoms with Gasteiger partial charge >= 0.3 is 12.0 Å². The molecule has 0 bridgehead atoms. The molecule has 0 aliphatic carbocycles. The first-order chi connectivity index (χ1) is 13.5. The van der Waals surface area contributed by atoms with Gasteiger partial charge in [-0.15, -0.1) is 0 Å². The average Bonchev–Trinajstić information content (AvgIpc) is 3.19. The van der Waals surface area contributed by atoms with E-state index in [-0.39, 0.29) is 34.8 Å². The fraction of sp³-hybridized carbons (Fsp3) is 0.111. The molecule has 0 spiro atoms.